The second kappa shape index (κ2) is 37.5. The van der Waals surface area contributed by atoms with Gasteiger partial charge in [-0.15, -0.1) is 0 Å². The summed E-state index contributed by atoms with van der Waals surface area (Å²) < 4.78 is 32.4. The Kier molecular flexibility index (Phi) is 27.2. The van der Waals surface area contributed by atoms with Gasteiger partial charge in [0.1, 0.15) is 47.5 Å². The highest BCUT2D eigenvalue weighted by molar-refractivity contribution is 9.10. The van der Waals surface area contributed by atoms with Crippen LogP contribution in [0, 0.1) is 23.7 Å². The Morgan fingerprint density at radius 2 is 0.721 bits per heavy atom. The number of nitrogens with zero attached hydrogens (tertiary/aromatic N) is 8. The number of hydrogen-bond donors (Lipinski definition) is 8. The van der Waals surface area contributed by atoms with Gasteiger partial charge in [0, 0.05) is 41.8 Å². The maximum Gasteiger partial charge on any atom is 0.494 e. The van der Waals surface area contributed by atoms with E-state index in [-0.39, 0.29) is 82.7 Å². The largest absolute Gasteiger partial charge is 0.494 e. The first-order valence-electron chi connectivity index (χ1n) is 42.0. The number of benzene rings is 6. The van der Waals surface area contributed by atoms with Gasteiger partial charge in [-0.3, -0.25) is 19.2 Å². The molecule has 9 heterocycles. The first-order valence-corrected chi connectivity index (χ1v) is 42.8. The van der Waals surface area contributed by atoms with Crippen LogP contribution >= 0.6 is 15.9 Å². The Labute approximate surface area is 718 Å². The number of alkyl carbamates (subject to hydrolysis) is 4. The number of amides is 8. The summed E-state index contributed by atoms with van der Waals surface area (Å²) in [6, 6.07) is 33.9. The van der Waals surface area contributed by atoms with E-state index < -0.39 is 55.7 Å². The molecule has 0 aliphatic carbocycles. The molecule has 10 aromatic rings. The average molecular weight is 1730 g/mol. The van der Waals surface area contributed by atoms with Crippen LogP contribution in [0.3, 0.4) is 0 Å². The van der Waals surface area contributed by atoms with E-state index in [1.165, 1.54) is 28.4 Å². The Morgan fingerprint density at radius 1 is 0.410 bits per heavy atom. The van der Waals surface area contributed by atoms with E-state index in [1.807, 2.05) is 112 Å². The molecule has 30 nitrogen and oxygen atoms in total. The standard InChI is InChI=1S/C42H50N8O6.C30H39BN4O5.C18H23BrN4O3/c1-23(2)35(47-41(53)55-5)39(51)49-17-7-9-33(49)37-43-22-32(46-37)29-14-13-25-19-26(11-12-27(25)20-29)28-15-16-30-31(21-28)45-38(44-30)34-10-8-18-50(34)40(52)36(24(3)4)48-42(54)56-6;1-18(2)25(34-28(37)38-7)27(36)35-14-8-9-24(35)26-32-17-23(33-26)21-11-10-20-16-22(13-12-19(20)15-21)31-39-29(3,4)30(5,6)40-31;1-10(2)15(22-18(25)26-3)17(24)23-8-4-5-14(23)16-20-12-7-6-11(19)9-13(12)21-16/h11-16,19-24,33-36H,7-10,17-18H2,1-6H3,(H,43,46)(H,44,45)(H,47,53)(H,48,54);10-13,15-18,24-25H,8-9,14H2,1-7H3,(H,32,33)(H,34,37);6-7,9-10,14-15H,4-5,8H2,1-3H3,(H,20,21)(H,22,25)/t33-,34-,35-,36-;24-,25-;14-,15-/m000/s1. The summed E-state index contributed by atoms with van der Waals surface area (Å²) in [6.07, 6.45) is 7.86. The Morgan fingerprint density at radius 3 is 1.09 bits per heavy atom. The number of H-pyrrole nitrogens is 4. The topological polar surface area (TPSA) is 368 Å². The Bertz CT molecular complexity index is 5490. The van der Waals surface area contributed by atoms with Gasteiger partial charge in [-0.25, -0.2) is 39.1 Å². The van der Waals surface area contributed by atoms with Crippen LogP contribution in [0.25, 0.3) is 77.3 Å². The number of carbonyl (C=O) groups is 8. The van der Waals surface area contributed by atoms with Crippen molar-refractivity contribution >= 4 is 120 Å². The van der Waals surface area contributed by atoms with Crippen molar-refractivity contribution in [3.05, 3.63) is 149 Å². The number of ether oxygens (including phenoxy) is 4. The van der Waals surface area contributed by atoms with Crippen LogP contribution in [0.2, 0.25) is 0 Å². The van der Waals surface area contributed by atoms with Crippen LogP contribution in [-0.4, -0.2) is 205 Å². The molecule has 4 aromatic heterocycles. The summed E-state index contributed by atoms with van der Waals surface area (Å²) in [5, 5.41) is 15.1. The monoisotopic (exact) mass is 1730 g/mol. The summed E-state index contributed by atoms with van der Waals surface area (Å²) >= 11 is 3.46. The zero-order valence-electron chi connectivity index (χ0n) is 72.2. The minimum absolute atomic E-state index is 0.0468. The third kappa shape index (κ3) is 19.3. The first-order chi connectivity index (χ1) is 58.2. The molecule has 5 fully saturated rings. The van der Waals surface area contributed by atoms with Crippen molar-refractivity contribution < 1.29 is 66.6 Å². The second-order valence-electron chi connectivity index (χ2n) is 34.4. The number of aromatic nitrogens is 8. The van der Waals surface area contributed by atoms with Crippen molar-refractivity contribution in [2.24, 2.45) is 23.7 Å². The van der Waals surface area contributed by atoms with Crippen LogP contribution in [0.15, 0.2) is 126 Å². The van der Waals surface area contributed by atoms with E-state index in [9.17, 15) is 38.4 Å². The predicted octanol–water partition coefficient (Wildman–Crippen LogP) is 14.8. The van der Waals surface area contributed by atoms with Crippen molar-refractivity contribution in [2.75, 3.05) is 54.6 Å². The molecular formula is C90H112BBrN16O14. The molecule has 8 atom stereocenters. The maximum absolute atomic E-state index is 13.6. The van der Waals surface area contributed by atoms with Crippen molar-refractivity contribution in [3.8, 4) is 33.6 Å². The summed E-state index contributed by atoms with van der Waals surface area (Å²) in [5.74, 6) is 2.14. The van der Waals surface area contributed by atoms with Gasteiger partial charge in [0.25, 0.3) is 0 Å². The fourth-order valence-electron chi connectivity index (χ4n) is 16.8. The number of methoxy groups -OCH3 is 4. The van der Waals surface area contributed by atoms with E-state index in [0.717, 1.165) is 162 Å². The molecule has 0 radical (unpaired) electrons. The quantitative estimate of drug-likeness (QED) is 0.0259. The minimum atomic E-state index is -0.693. The summed E-state index contributed by atoms with van der Waals surface area (Å²) in [7, 11) is 4.77. The molecule has 15 rings (SSSR count). The molecule has 0 spiro atoms. The highest BCUT2D eigenvalue weighted by atomic mass is 79.9. The molecule has 0 bridgehead atoms. The van der Waals surface area contributed by atoms with Gasteiger partial charge >= 0.3 is 31.5 Å². The molecule has 0 unspecified atom stereocenters. The van der Waals surface area contributed by atoms with Crippen LogP contribution < -0.4 is 26.7 Å². The maximum atomic E-state index is 13.6. The van der Waals surface area contributed by atoms with Crippen molar-refractivity contribution in [1.82, 2.24) is 80.7 Å². The summed E-state index contributed by atoms with van der Waals surface area (Å²) in [4.78, 5) is 141. The van der Waals surface area contributed by atoms with Gasteiger partial charge in [0.2, 0.25) is 23.6 Å². The lowest BCUT2D eigenvalue weighted by Gasteiger charge is -2.32. The molecule has 5 aliphatic rings. The predicted molar refractivity (Wildman–Crippen MR) is 469 cm³/mol. The van der Waals surface area contributed by atoms with Crippen molar-refractivity contribution in [1.29, 1.82) is 0 Å². The lowest BCUT2D eigenvalue weighted by atomic mass is 9.78. The summed E-state index contributed by atoms with van der Waals surface area (Å²) in [5.41, 5.74) is 9.58. The minimum Gasteiger partial charge on any atom is -0.453 e. The molecule has 32 heteroatoms. The van der Waals surface area contributed by atoms with Gasteiger partial charge in [0.05, 0.1) is 110 Å². The normalized spacial score (nSPS) is 19.0. The molecule has 122 heavy (non-hydrogen) atoms. The van der Waals surface area contributed by atoms with E-state index in [2.05, 4.69) is 184 Å². The highest BCUT2D eigenvalue weighted by Gasteiger charge is 2.52. The van der Waals surface area contributed by atoms with E-state index in [4.69, 9.17) is 33.5 Å². The number of hydrogen-bond acceptors (Lipinski definition) is 18. The smallest absolute Gasteiger partial charge is 0.453 e. The van der Waals surface area contributed by atoms with Crippen molar-refractivity contribution in [3.63, 3.8) is 0 Å². The average Bonchev–Trinajstić information content (AvgIpc) is 1.61. The fourth-order valence-corrected chi connectivity index (χ4v) is 17.1. The van der Waals surface area contributed by atoms with E-state index in [1.54, 1.807) is 0 Å². The van der Waals surface area contributed by atoms with Crippen LogP contribution in [0.1, 0.15) is 182 Å². The number of imidazole rings is 4. The third-order valence-electron chi connectivity index (χ3n) is 24.3. The number of nitrogens with one attached hydrogen (secondary N) is 8. The third-order valence-corrected chi connectivity index (χ3v) is 24.8. The number of rotatable bonds is 20. The fraction of sp³-hybridized carbons (Fsp3) is 0.467. The Hall–Kier alpha value is -11.4. The number of likely N-dealkylation sites (tertiary alicyclic amines) is 4. The number of fused-ring (bicyclic) bond motifs is 4. The molecule has 8 amide bonds. The molecule has 6 aromatic carbocycles. The van der Waals surface area contributed by atoms with Gasteiger partial charge in [0.15, 0.2) is 0 Å². The van der Waals surface area contributed by atoms with Crippen LogP contribution in [-0.2, 0) is 47.4 Å². The van der Waals surface area contributed by atoms with Gasteiger partial charge in [-0.1, -0.05) is 132 Å². The SMILES string of the molecule is COC(=O)N[C@H](C(=O)N1CCC[C@H]1c1nc2ccc(Br)cc2[nH]1)C(C)C.COC(=O)N[C@H](C(=O)N1CCC[C@H]1c1ncc(-c2ccc3cc(-c4ccc5nc([C@@H]6CCCN6C(=O)[C@@H](NC(=O)OC)C(C)C)[nH]c5c4)ccc3c2)[nH]1)C(C)C.COC(=O)N[C@H](C(=O)N1CCC[C@H]1c1ncc(-c2ccc3cc(B4OC(C)(C)C(C)(C)O4)ccc3c2)[nH]1)C(C)C. The molecule has 646 valence electrons. The van der Waals surface area contributed by atoms with Crippen molar-refractivity contribution in [2.45, 2.75) is 194 Å². The zero-order chi connectivity index (χ0) is 87.3. The van der Waals surface area contributed by atoms with Crippen LogP contribution in [0.4, 0.5) is 19.2 Å². The van der Waals surface area contributed by atoms with Gasteiger partial charge in [-0.2, -0.15) is 0 Å². The molecule has 5 saturated heterocycles. The van der Waals surface area contributed by atoms with Crippen LogP contribution in [0.5, 0.6) is 0 Å². The molecule has 0 saturated carbocycles. The number of aromatic amines is 4. The lowest BCUT2D eigenvalue weighted by Crippen LogP contribution is -2.51. The highest BCUT2D eigenvalue weighted by Crippen LogP contribution is 2.41. The number of halogens is 1. The van der Waals surface area contributed by atoms with Gasteiger partial charge in [-0.05, 0) is 189 Å². The molecular weight excluding hydrogens is 1620 g/mol. The Balaban J connectivity index is 0.000000169. The molecule has 8 N–H and O–H groups in total. The number of carbonyl (C=O) groups excluding carboxylic acids is 8. The molecule has 5 aliphatic heterocycles. The zero-order valence-corrected chi connectivity index (χ0v) is 73.8. The van der Waals surface area contributed by atoms with E-state index >= 15 is 0 Å². The lowest BCUT2D eigenvalue weighted by molar-refractivity contribution is -0.136. The van der Waals surface area contributed by atoms with E-state index in [0.29, 0.717) is 26.2 Å². The first kappa shape index (κ1) is 88.4. The van der Waals surface area contributed by atoms with Gasteiger partial charge < -0.3 is 89.1 Å². The summed E-state index contributed by atoms with van der Waals surface area (Å²) in [6.45, 7) is 25.9. The second-order valence-corrected chi connectivity index (χ2v) is 35.3.